The van der Waals surface area contributed by atoms with Gasteiger partial charge in [-0.1, -0.05) is 12.1 Å². The molecule has 0 fully saturated rings. The first kappa shape index (κ1) is 15.4. The number of benzene rings is 1. The van der Waals surface area contributed by atoms with E-state index in [9.17, 15) is 0 Å². The van der Waals surface area contributed by atoms with Crippen molar-refractivity contribution in [1.82, 2.24) is 15.1 Å². The summed E-state index contributed by atoms with van der Waals surface area (Å²) in [6, 6.07) is 6.09. The highest BCUT2D eigenvalue weighted by molar-refractivity contribution is 5.48. The summed E-state index contributed by atoms with van der Waals surface area (Å²) in [6.45, 7) is 2.96. The van der Waals surface area contributed by atoms with E-state index < -0.39 is 0 Å². The minimum atomic E-state index is 0.143. The van der Waals surface area contributed by atoms with Gasteiger partial charge in [-0.25, -0.2) is 0 Å². The lowest BCUT2D eigenvalue weighted by Crippen LogP contribution is -2.19. The first-order valence-electron chi connectivity index (χ1n) is 7.12. The molecule has 0 saturated carbocycles. The molecule has 21 heavy (non-hydrogen) atoms. The molecule has 0 aliphatic rings. The molecule has 114 valence electrons. The van der Waals surface area contributed by atoms with Crippen LogP contribution < -0.4 is 14.8 Å². The molecular weight excluding hydrogens is 266 g/mol. The average Bonchev–Trinajstić information content (AvgIpc) is 2.99. The van der Waals surface area contributed by atoms with Gasteiger partial charge in [0.15, 0.2) is 11.5 Å². The predicted molar refractivity (Wildman–Crippen MR) is 83.0 cm³/mol. The highest BCUT2D eigenvalue weighted by Crippen LogP contribution is 2.35. The second-order valence-corrected chi connectivity index (χ2v) is 4.83. The zero-order chi connectivity index (χ0) is 15.2. The van der Waals surface area contributed by atoms with Crippen LogP contribution in [0.3, 0.4) is 0 Å². The molecule has 0 saturated heterocycles. The van der Waals surface area contributed by atoms with Crippen LogP contribution in [0.25, 0.3) is 0 Å². The van der Waals surface area contributed by atoms with Gasteiger partial charge in [0.1, 0.15) is 0 Å². The molecule has 5 heteroatoms. The van der Waals surface area contributed by atoms with Gasteiger partial charge in [0, 0.05) is 24.3 Å². The number of hydrogen-bond donors (Lipinski definition) is 1. The first-order chi connectivity index (χ1) is 10.2. The Morgan fingerprint density at radius 3 is 2.67 bits per heavy atom. The lowest BCUT2D eigenvalue weighted by Gasteiger charge is -2.20. The number of hydrogen-bond acceptors (Lipinski definition) is 4. The van der Waals surface area contributed by atoms with Crippen LogP contribution in [0.4, 0.5) is 0 Å². The van der Waals surface area contributed by atoms with E-state index in [4.69, 9.17) is 9.47 Å². The van der Waals surface area contributed by atoms with Gasteiger partial charge < -0.3 is 14.8 Å². The zero-order valence-corrected chi connectivity index (χ0v) is 13.1. The van der Waals surface area contributed by atoms with Crippen molar-refractivity contribution in [3.63, 3.8) is 0 Å². The third-order valence-corrected chi connectivity index (χ3v) is 3.61. The maximum atomic E-state index is 5.53. The van der Waals surface area contributed by atoms with Gasteiger partial charge >= 0.3 is 0 Å². The summed E-state index contributed by atoms with van der Waals surface area (Å²) < 4.78 is 12.8. The van der Waals surface area contributed by atoms with Crippen molar-refractivity contribution in [2.45, 2.75) is 25.9 Å². The van der Waals surface area contributed by atoms with E-state index in [-0.39, 0.29) is 6.04 Å². The molecule has 1 heterocycles. The Bertz CT molecular complexity index is 581. The molecule has 0 aliphatic heterocycles. The van der Waals surface area contributed by atoms with E-state index >= 15 is 0 Å². The quantitative estimate of drug-likeness (QED) is 0.850. The van der Waals surface area contributed by atoms with Crippen LogP contribution in [0, 0.1) is 0 Å². The number of nitrogens with one attached hydrogen (secondary N) is 1. The standard InChI is InChI=1S/C16H23N3O2/c1-5-19-11-12(10-18-19)9-14(17-2)13-7-6-8-15(20-3)16(13)21-4/h6-8,10-11,14,17H,5,9H2,1-4H3. The van der Waals surface area contributed by atoms with Gasteiger partial charge in [0.25, 0.3) is 0 Å². The van der Waals surface area contributed by atoms with Crippen molar-refractivity contribution in [1.29, 1.82) is 0 Å². The summed E-state index contributed by atoms with van der Waals surface area (Å²) in [5.41, 5.74) is 2.28. The molecular formula is C16H23N3O2. The largest absolute Gasteiger partial charge is 0.493 e. The van der Waals surface area contributed by atoms with Crippen LogP contribution >= 0.6 is 0 Å². The number of para-hydroxylation sites is 1. The number of ether oxygens (including phenoxy) is 2. The van der Waals surface area contributed by atoms with Crippen LogP contribution in [0.2, 0.25) is 0 Å². The summed E-state index contributed by atoms with van der Waals surface area (Å²) in [5.74, 6) is 1.53. The maximum absolute atomic E-state index is 5.53. The minimum Gasteiger partial charge on any atom is -0.493 e. The van der Waals surface area contributed by atoms with Crippen LogP contribution in [-0.2, 0) is 13.0 Å². The zero-order valence-electron chi connectivity index (χ0n) is 13.1. The van der Waals surface area contributed by atoms with Crippen LogP contribution in [-0.4, -0.2) is 31.0 Å². The van der Waals surface area contributed by atoms with Gasteiger partial charge in [0.05, 0.1) is 20.4 Å². The second kappa shape index (κ2) is 7.13. The Hall–Kier alpha value is -2.01. The van der Waals surface area contributed by atoms with Crippen LogP contribution in [0.1, 0.15) is 24.1 Å². The number of methoxy groups -OCH3 is 2. The SMILES string of the molecule is CCn1cc(CC(NC)c2cccc(OC)c2OC)cn1. The molecule has 1 atom stereocenters. The van der Waals surface area contributed by atoms with E-state index in [1.54, 1.807) is 14.2 Å². The predicted octanol–water partition coefficient (Wildman–Crippen LogP) is 2.42. The van der Waals surface area contributed by atoms with E-state index in [2.05, 4.69) is 29.6 Å². The summed E-state index contributed by atoms with van der Waals surface area (Å²) in [4.78, 5) is 0. The Morgan fingerprint density at radius 2 is 2.10 bits per heavy atom. The monoisotopic (exact) mass is 289 g/mol. The molecule has 0 spiro atoms. The van der Waals surface area contributed by atoms with Gasteiger partial charge in [-0.15, -0.1) is 0 Å². The van der Waals surface area contributed by atoms with Crippen LogP contribution in [0.5, 0.6) is 11.5 Å². The number of rotatable bonds is 7. The summed E-state index contributed by atoms with van der Waals surface area (Å²) in [5, 5.41) is 7.67. The number of aromatic nitrogens is 2. The van der Waals surface area contributed by atoms with E-state index in [1.165, 1.54) is 5.56 Å². The molecule has 0 radical (unpaired) electrons. The second-order valence-electron chi connectivity index (χ2n) is 4.83. The van der Waals surface area contributed by atoms with Gasteiger partial charge in [-0.05, 0) is 32.0 Å². The van der Waals surface area contributed by atoms with Gasteiger partial charge in [0.2, 0.25) is 0 Å². The Kier molecular flexibility index (Phi) is 5.22. The minimum absolute atomic E-state index is 0.143. The van der Waals surface area contributed by atoms with E-state index in [0.717, 1.165) is 30.0 Å². The van der Waals surface area contributed by atoms with Crippen LogP contribution in [0.15, 0.2) is 30.6 Å². The summed E-state index contributed by atoms with van der Waals surface area (Å²) in [6.07, 6.45) is 4.84. The molecule has 2 rings (SSSR count). The summed E-state index contributed by atoms with van der Waals surface area (Å²) in [7, 11) is 5.28. The summed E-state index contributed by atoms with van der Waals surface area (Å²) >= 11 is 0. The number of aryl methyl sites for hydroxylation is 1. The van der Waals surface area contributed by atoms with Crippen molar-refractivity contribution in [2.24, 2.45) is 0 Å². The van der Waals surface area contributed by atoms with Crippen molar-refractivity contribution >= 4 is 0 Å². The fourth-order valence-corrected chi connectivity index (χ4v) is 2.47. The normalized spacial score (nSPS) is 12.2. The number of nitrogens with zero attached hydrogens (tertiary/aromatic N) is 2. The topological polar surface area (TPSA) is 48.3 Å². The maximum Gasteiger partial charge on any atom is 0.165 e. The highest BCUT2D eigenvalue weighted by Gasteiger charge is 2.18. The lowest BCUT2D eigenvalue weighted by molar-refractivity contribution is 0.347. The average molecular weight is 289 g/mol. The smallest absolute Gasteiger partial charge is 0.165 e. The van der Waals surface area contributed by atoms with Crippen molar-refractivity contribution in [2.75, 3.05) is 21.3 Å². The Labute approximate surface area is 125 Å². The Balaban J connectivity index is 2.28. The van der Waals surface area contributed by atoms with Gasteiger partial charge in [-0.2, -0.15) is 5.10 Å². The molecule has 1 unspecified atom stereocenters. The highest BCUT2D eigenvalue weighted by atomic mass is 16.5. The van der Waals surface area contributed by atoms with E-state index in [0.29, 0.717) is 0 Å². The van der Waals surface area contributed by atoms with Crippen molar-refractivity contribution in [3.05, 3.63) is 41.7 Å². The van der Waals surface area contributed by atoms with Crippen molar-refractivity contribution in [3.8, 4) is 11.5 Å². The third kappa shape index (κ3) is 3.36. The fraction of sp³-hybridized carbons (Fsp3) is 0.438. The fourth-order valence-electron chi connectivity index (χ4n) is 2.47. The molecule has 5 nitrogen and oxygen atoms in total. The van der Waals surface area contributed by atoms with E-state index in [1.807, 2.05) is 30.1 Å². The molecule has 0 amide bonds. The first-order valence-corrected chi connectivity index (χ1v) is 7.12. The molecule has 0 aliphatic carbocycles. The van der Waals surface area contributed by atoms with Gasteiger partial charge in [-0.3, -0.25) is 4.68 Å². The molecule has 0 bridgehead atoms. The lowest BCUT2D eigenvalue weighted by atomic mass is 9.99. The molecule has 1 N–H and O–H groups in total. The molecule has 1 aromatic carbocycles. The number of likely N-dealkylation sites (N-methyl/N-ethyl adjacent to an activating group) is 1. The molecule has 1 aromatic heterocycles. The molecule has 2 aromatic rings. The Morgan fingerprint density at radius 1 is 1.29 bits per heavy atom. The third-order valence-electron chi connectivity index (χ3n) is 3.61. The van der Waals surface area contributed by atoms with Crippen molar-refractivity contribution < 1.29 is 9.47 Å².